The quantitative estimate of drug-likeness (QED) is 0.602. The Hall–Kier alpha value is -2.22. The number of carbonyl (C=O) groups excluding carboxylic acids is 4. The molecule has 0 atom stereocenters. The number of esters is 1. The molecule has 23 heavy (non-hydrogen) atoms. The highest BCUT2D eigenvalue weighted by atomic mass is 32.1. The highest BCUT2D eigenvalue weighted by molar-refractivity contribution is 7.12. The highest BCUT2D eigenvalue weighted by Crippen LogP contribution is 2.22. The van der Waals surface area contributed by atoms with Crippen LogP contribution in [0.25, 0.3) is 0 Å². The van der Waals surface area contributed by atoms with E-state index in [9.17, 15) is 19.2 Å². The Balaban J connectivity index is 2.32. The fourth-order valence-electron chi connectivity index (χ4n) is 1.79. The van der Waals surface area contributed by atoms with Crippen molar-refractivity contribution in [2.45, 2.75) is 33.6 Å². The van der Waals surface area contributed by atoms with Crippen LogP contribution in [0.3, 0.4) is 0 Å². The summed E-state index contributed by atoms with van der Waals surface area (Å²) in [6.45, 7) is 4.89. The summed E-state index contributed by atoms with van der Waals surface area (Å²) in [5.74, 6) is -1.60. The Kier molecular flexibility index (Phi) is 7.40. The normalized spacial score (nSPS) is 10.0. The Morgan fingerprint density at radius 1 is 1.13 bits per heavy atom. The van der Waals surface area contributed by atoms with Crippen molar-refractivity contribution in [3.8, 4) is 0 Å². The average Bonchev–Trinajstić information content (AvgIpc) is 2.81. The zero-order valence-electron chi connectivity index (χ0n) is 13.3. The maximum atomic E-state index is 12.0. The molecular weight excluding hydrogens is 322 g/mol. The molecule has 1 heterocycles. The minimum Gasteiger partial charge on any atom is -0.456 e. The van der Waals surface area contributed by atoms with Crippen LogP contribution in [0.2, 0.25) is 0 Å². The minimum atomic E-state index is -0.896. The fourth-order valence-corrected chi connectivity index (χ4v) is 2.74. The van der Waals surface area contributed by atoms with Gasteiger partial charge in [-0.1, -0.05) is 0 Å². The average molecular weight is 341 g/mol. The molecular formula is C15H19NO6S. The zero-order chi connectivity index (χ0) is 17.4. The lowest BCUT2D eigenvalue weighted by Gasteiger charge is -2.05. The van der Waals surface area contributed by atoms with Crippen LogP contribution in [-0.2, 0) is 19.1 Å². The molecule has 0 radical (unpaired) electrons. The van der Waals surface area contributed by atoms with E-state index < -0.39 is 24.6 Å². The maximum absolute atomic E-state index is 12.0. The van der Waals surface area contributed by atoms with Gasteiger partial charge in [0.2, 0.25) is 0 Å². The summed E-state index contributed by atoms with van der Waals surface area (Å²) in [7, 11) is 0. The monoisotopic (exact) mass is 341 g/mol. The molecule has 0 aromatic carbocycles. The van der Waals surface area contributed by atoms with E-state index in [1.807, 2.05) is 19.2 Å². The van der Waals surface area contributed by atoms with Gasteiger partial charge in [-0.25, -0.2) is 4.79 Å². The number of hydrogen-bond acceptors (Lipinski definition) is 7. The van der Waals surface area contributed by atoms with Crippen LogP contribution in [0, 0.1) is 13.8 Å². The van der Waals surface area contributed by atoms with Crippen molar-refractivity contribution in [2.75, 3.05) is 13.2 Å². The second-order valence-electron chi connectivity index (χ2n) is 4.68. The first-order valence-electron chi connectivity index (χ1n) is 7.06. The first-order valence-corrected chi connectivity index (χ1v) is 7.87. The number of nitrogens with one attached hydrogen (secondary N) is 1. The van der Waals surface area contributed by atoms with E-state index in [4.69, 9.17) is 4.74 Å². The first-order chi connectivity index (χ1) is 10.8. The molecule has 1 rings (SSSR count). The lowest BCUT2D eigenvalue weighted by atomic mass is 10.1. The highest BCUT2D eigenvalue weighted by Gasteiger charge is 2.15. The zero-order valence-corrected chi connectivity index (χ0v) is 14.1. The molecule has 1 aromatic rings. The van der Waals surface area contributed by atoms with Crippen LogP contribution < -0.4 is 5.32 Å². The van der Waals surface area contributed by atoms with Crippen LogP contribution in [0.4, 0.5) is 4.79 Å². The molecule has 2 amide bonds. The molecule has 0 fully saturated rings. The summed E-state index contributed by atoms with van der Waals surface area (Å²) in [5, 5.41) is 1.89. The summed E-state index contributed by atoms with van der Waals surface area (Å²) in [6, 6.07) is 1.79. The third kappa shape index (κ3) is 6.60. The largest absolute Gasteiger partial charge is 0.456 e. The molecule has 8 heteroatoms. The number of imide groups is 1. The van der Waals surface area contributed by atoms with E-state index in [0.29, 0.717) is 5.56 Å². The van der Waals surface area contributed by atoms with Gasteiger partial charge in [0.15, 0.2) is 12.4 Å². The molecule has 1 N–H and O–H groups in total. The van der Waals surface area contributed by atoms with E-state index >= 15 is 0 Å². The summed E-state index contributed by atoms with van der Waals surface area (Å²) in [5.41, 5.74) is 0.611. The molecule has 0 spiro atoms. The van der Waals surface area contributed by atoms with Crippen molar-refractivity contribution in [3.63, 3.8) is 0 Å². The van der Waals surface area contributed by atoms with Gasteiger partial charge in [0.25, 0.3) is 5.91 Å². The minimum absolute atomic E-state index is 0.00927. The van der Waals surface area contributed by atoms with Gasteiger partial charge in [-0.05, 0) is 26.8 Å². The van der Waals surface area contributed by atoms with Crippen LogP contribution >= 0.6 is 11.3 Å². The Morgan fingerprint density at radius 2 is 1.83 bits per heavy atom. The van der Waals surface area contributed by atoms with Crippen LogP contribution in [-0.4, -0.2) is 37.0 Å². The molecule has 0 saturated carbocycles. The number of carbonyl (C=O) groups is 4. The predicted molar refractivity (Wildman–Crippen MR) is 83.5 cm³/mol. The summed E-state index contributed by atoms with van der Waals surface area (Å²) < 4.78 is 9.20. The Bertz CT molecular complexity index is 607. The number of alkyl carbamates (subject to hydrolysis) is 1. The molecule has 7 nitrogen and oxygen atoms in total. The Labute approximate surface area is 138 Å². The molecule has 0 aliphatic rings. The van der Waals surface area contributed by atoms with Crippen molar-refractivity contribution >= 4 is 35.1 Å². The first kappa shape index (κ1) is 18.8. The number of hydrogen-bond donors (Lipinski definition) is 1. The summed E-state index contributed by atoms with van der Waals surface area (Å²) in [6.07, 6.45) is -1.01. The molecule has 0 aliphatic heterocycles. The molecule has 0 unspecified atom stereocenters. The maximum Gasteiger partial charge on any atom is 0.413 e. The number of ether oxygens (including phenoxy) is 2. The standard InChI is InChI=1S/C15H19NO6S/c1-4-21-15(20)16-13(18)8-22-14(19)6-5-12(17)11-7-9(2)23-10(11)3/h7H,4-6,8H2,1-3H3,(H,16,18,20). The van der Waals surface area contributed by atoms with Crippen molar-refractivity contribution < 1.29 is 28.7 Å². The van der Waals surface area contributed by atoms with Gasteiger partial charge in [-0.2, -0.15) is 0 Å². The van der Waals surface area contributed by atoms with Crippen LogP contribution in [0.15, 0.2) is 6.07 Å². The lowest BCUT2D eigenvalue weighted by molar-refractivity contribution is -0.148. The number of amides is 2. The smallest absolute Gasteiger partial charge is 0.413 e. The van der Waals surface area contributed by atoms with E-state index in [1.54, 1.807) is 13.0 Å². The molecule has 0 aliphatic carbocycles. The molecule has 1 aromatic heterocycles. The summed E-state index contributed by atoms with van der Waals surface area (Å²) in [4.78, 5) is 47.7. The SMILES string of the molecule is CCOC(=O)NC(=O)COC(=O)CCC(=O)c1cc(C)sc1C. The number of aryl methyl sites for hydroxylation is 2. The molecule has 0 saturated heterocycles. The second-order valence-corrected chi connectivity index (χ2v) is 6.14. The van der Waals surface area contributed by atoms with Crippen molar-refractivity contribution in [1.82, 2.24) is 5.32 Å². The van der Waals surface area contributed by atoms with Gasteiger partial charge in [0.05, 0.1) is 13.0 Å². The van der Waals surface area contributed by atoms with Gasteiger partial charge in [-0.3, -0.25) is 19.7 Å². The molecule has 126 valence electrons. The van der Waals surface area contributed by atoms with Gasteiger partial charge < -0.3 is 9.47 Å². The van der Waals surface area contributed by atoms with Gasteiger partial charge in [-0.15, -0.1) is 11.3 Å². The van der Waals surface area contributed by atoms with Crippen molar-refractivity contribution in [1.29, 1.82) is 0 Å². The van der Waals surface area contributed by atoms with Gasteiger partial charge >= 0.3 is 12.1 Å². The Morgan fingerprint density at radius 3 is 2.39 bits per heavy atom. The second kappa shape index (κ2) is 9.04. The molecule has 0 bridgehead atoms. The van der Waals surface area contributed by atoms with E-state index in [-0.39, 0.29) is 25.2 Å². The topological polar surface area (TPSA) is 98.8 Å². The third-order valence-electron chi connectivity index (χ3n) is 2.78. The number of thiophene rings is 1. The van der Waals surface area contributed by atoms with Crippen molar-refractivity contribution in [2.24, 2.45) is 0 Å². The van der Waals surface area contributed by atoms with E-state index in [1.165, 1.54) is 11.3 Å². The fraction of sp³-hybridized carbons (Fsp3) is 0.467. The summed E-state index contributed by atoms with van der Waals surface area (Å²) >= 11 is 1.52. The number of rotatable bonds is 7. The van der Waals surface area contributed by atoms with E-state index in [2.05, 4.69) is 4.74 Å². The number of ketones is 1. The third-order valence-corrected chi connectivity index (χ3v) is 3.74. The van der Waals surface area contributed by atoms with Crippen LogP contribution in [0.1, 0.15) is 39.9 Å². The van der Waals surface area contributed by atoms with Crippen LogP contribution in [0.5, 0.6) is 0 Å². The number of Topliss-reactive ketones (excluding diaryl/α,β-unsaturated/α-hetero) is 1. The van der Waals surface area contributed by atoms with Crippen molar-refractivity contribution in [3.05, 3.63) is 21.4 Å². The lowest BCUT2D eigenvalue weighted by Crippen LogP contribution is -2.34. The predicted octanol–water partition coefficient (Wildman–Crippen LogP) is 2.14. The van der Waals surface area contributed by atoms with E-state index in [0.717, 1.165) is 9.75 Å². The van der Waals surface area contributed by atoms with Gasteiger partial charge in [0, 0.05) is 21.7 Å². The van der Waals surface area contributed by atoms with Gasteiger partial charge in [0.1, 0.15) is 0 Å².